The Morgan fingerprint density at radius 1 is 1.22 bits per heavy atom. The molecule has 0 radical (unpaired) electrons. The van der Waals surface area contributed by atoms with Gasteiger partial charge in [0.05, 0.1) is 18.4 Å². The summed E-state index contributed by atoms with van der Waals surface area (Å²) in [6, 6.07) is 3.79. The number of rotatable bonds is 8. The van der Waals surface area contributed by atoms with E-state index < -0.39 is 5.97 Å². The number of thioether (sulfide) groups is 1. The molecule has 0 aliphatic heterocycles. The molecule has 0 spiro atoms. The Hall–Kier alpha value is -2.72. The molecule has 1 N–H and O–H groups in total. The second-order valence-electron chi connectivity index (χ2n) is 7.44. The molecule has 3 aromatic rings. The van der Waals surface area contributed by atoms with Crippen molar-refractivity contribution < 1.29 is 14.3 Å². The van der Waals surface area contributed by atoms with Crippen LogP contribution in [0.15, 0.2) is 29.7 Å². The van der Waals surface area contributed by atoms with Crippen molar-refractivity contribution in [2.24, 2.45) is 0 Å². The maximum absolute atomic E-state index is 12.8. The van der Waals surface area contributed by atoms with E-state index in [-0.39, 0.29) is 11.7 Å². The number of methoxy groups -OCH3 is 1. The molecule has 3 heterocycles. The summed E-state index contributed by atoms with van der Waals surface area (Å²) in [5.74, 6) is 0.352. The van der Waals surface area contributed by atoms with Crippen LogP contribution in [0.1, 0.15) is 47.0 Å². The highest BCUT2D eigenvalue weighted by Gasteiger charge is 2.27. The Balaban J connectivity index is 1.49. The third-order valence-electron chi connectivity index (χ3n) is 5.25. The Morgan fingerprint density at radius 2 is 2.00 bits per heavy atom. The van der Waals surface area contributed by atoms with Gasteiger partial charge in [0.15, 0.2) is 11.0 Å². The highest BCUT2D eigenvalue weighted by atomic mass is 32.2. The fourth-order valence-electron chi connectivity index (χ4n) is 3.80. The van der Waals surface area contributed by atoms with Crippen LogP contribution in [-0.2, 0) is 28.9 Å². The number of carbonyl (C=O) groups is 2. The molecule has 0 fully saturated rings. The number of fused-ring (bicyclic) bond motifs is 1. The molecule has 0 saturated heterocycles. The molecule has 1 aliphatic rings. The Kier molecular flexibility index (Phi) is 7.21. The standard InChI is InChI=1S/C22H25N5O3S2/c1-3-12-27-19(14-8-10-23-11-9-14)25-26-22(27)31-13-17(28)24-20-18(21(29)30-2)15-6-4-5-7-16(15)32-20/h8-11H,3-7,12-13H2,1-2H3,(H,24,28). The minimum Gasteiger partial charge on any atom is -0.465 e. The van der Waals surface area contributed by atoms with Crippen molar-refractivity contribution >= 4 is 40.0 Å². The fourth-order valence-corrected chi connectivity index (χ4v) is 5.86. The monoisotopic (exact) mass is 471 g/mol. The van der Waals surface area contributed by atoms with Gasteiger partial charge in [0, 0.05) is 29.4 Å². The molecular weight excluding hydrogens is 446 g/mol. The summed E-state index contributed by atoms with van der Waals surface area (Å²) in [6.45, 7) is 2.84. The lowest BCUT2D eigenvalue weighted by Gasteiger charge is -2.11. The number of ether oxygens (including phenoxy) is 1. The van der Waals surface area contributed by atoms with E-state index in [9.17, 15) is 9.59 Å². The summed E-state index contributed by atoms with van der Waals surface area (Å²) in [4.78, 5) is 30.4. The summed E-state index contributed by atoms with van der Waals surface area (Å²) >= 11 is 2.82. The smallest absolute Gasteiger partial charge is 0.341 e. The first kappa shape index (κ1) is 22.5. The molecule has 168 valence electrons. The fraction of sp³-hybridized carbons (Fsp3) is 0.409. The van der Waals surface area contributed by atoms with Crippen molar-refractivity contribution in [1.29, 1.82) is 0 Å². The second-order valence-corrected chi connectivity index (χ2v) is 9.48. The summed E-state index contributed by atoms with van der Waals surface area (Å²) < 4.78 is 7.01. The molecule has 0 saturated carbocycles. The van der Waals surface area contributed by atoms with Gasteiger partial charge in [-0.05, 0) is 49.8 Å². The van der Waals surface area contributed by atoms with Crippen LogP contribution in [0.5, 0.6) is 0 Å². The van der Waals surface area contributed by atoms with Crippen LogP contribution in [0, 0.1) is 0 Å². The van der Waals surface area contributed by atoms with E-state index in [0.717, 1.165) is 55.6 Å². The maximum Gasteiger partial charge on any atom is 0.341 e. The van der Waals surface area contributed by atoms with Gasteiger partial charge in [-0.15, -0.1) is 21.5 Å². The zero-order valence-electron chi connectivity index (χ0n) is 18.1. The SMILES string of the molecule is CCCn1c(SCC(=O)Nc2sc3c(c2C(=O)OC)CCCC3)nnc1-c1ccncc1. The average molecular weight is 472 g/mol. The van der Waals surface area contributed by atoms with Crippen LogP contribution in [-0.4, -0.2) is 44.5 Å². The zero-order chi connectivity index (χ0) is 22.5. The Bertz CT molecular complexity index is 1110. The first-order valence-corrected chi connectivity index (χ1v) is 12.4. The molecule has 32 heavy (non-hydrogen) atoms. The third kappa shape index (κ3) is 4.71. The number of nitrogens with zero attached hydrogens (tertiary/aromatic N) is 4. The Labute approximate surface area is 194 Å². The number of pyridine rings is 1. The highest BCUT2D eigenvalue weighted by Crippen LogP contribution is 2.38. The van der Waals surface area contributed by atoms with Crippen LogP contribution >= 0.6 is 23.1 Å². The van der Waals surface area contributed by atoms with Crippen molar-refractivity contribution in [2.75, 3.05) is 18.2 Å². The van der Waals surface area contributed by atoms with Crippen molar-refractivity contribution in [2.45, 2.75) is 50.7 Å². The van der Waals surface area contributed by atoms with Gasteiger partial charge in [-0.1, -0.05) is 18.7 Å². The van der Waals surface area contributed by atoms with Gasteiger partial charge in [0.1, 0.15) is 5.00 Å². The number of hydrogen-bond acceptors (Lipinski definition) is 8. The Morgan fingerprint density at radius 3 is 2.75 bits per heavy atom. The van der Waals surface area contributed by atoms with Crippen LogP contribution in [0.4, 0.5) is 5.00 Å². The largest absolute Gasteiger partial charge is 0.465 e. The molecule has 0 aromatic carbocycles. The lowest BCUT2D eigenvalue weighted by molar-refractivity contribution is -0.113. The van der Waals surface area contributed by atoms with Crippen LogP contribution in [0.2, 0.25) is 0 Å². The molecule has 1 amide bonds. The molecule has 3 aromatic heterocycles. The first-order chi connectivity index (χ1) is 15.6. The van der Waals surface area contributed by atoms with Crippen molar-refractivity contribution in [3.63, 3.8) is 0 Å². The summed E-state index contributed by atoms with van der Waals surface area (Å²) in [5.41, 5.74) is 2.48. The summed E-state index contributed by atoms with van der Waals surface area (Å²) in [5, 5.41) is 12.8. The molecule has 0 bridgehead atoms. The molecule has 0 atom stereocenters. The maximum atomic E-state index is 12.8. The normalized spacial score (nSPS) is 12.9. The van der Waals surface area contributed by atoms with Crippen molar-refractivity contribution in [1.82, 2.24) is 19.7 Å². The van der Waals surface area contributed by atoms with Crippen LogP contribution in [0.25, 0.3) is 11.4 Å². The quantitative estimate of drug-likeness (QED) is 0.388. The van der Waals surface area contributed by atoms with Crippen molar-refractivity contribution in [3.05, 3.63) is 40.5 Å². The van der Waals surface area contributed by atoms with Crippen LogP contribution in [0.3, 0.4) is 0 Å². The van der Waals surface area contributed by atoms with Gasteiger partial charge in [-0.25, -0.2) is 4.79 Å². The van der Waals surface area contributed by atoms with E-state index in [0.29, 0.717) is 15.7 Å². The number of hydrogen-bond donors (Lipinski definition) is 1. The molecular formula is C22H25N5O3S2. The number of thiophene rings is 1. The highest BCUT2D eigenvalue weighted by molar-refractivity contribution is 7.99. The summed E-state index contributed by atoms with van der Waals surface area (Å²) in [6.07, 6.45) is 8.29. The van der Waals surface area contributed by atoms with Crippen LogP contribution < -0.4 is 5.32 Å². The number of anilines is 1. The van der Waals surface area contributed by atoms with E-state index in [1.165, 1.54) is 35.1 Å². The van der Waals surface area contributed by atoms with E-state index in [1.807, 2.05) is 16.7 Å². The molecule has 8 nitrogen and oxygen atoms in total. The number of amides is 1. The molecule has 10 heteroatoms. The lowest BCUT2D eigenvalue weighted by Crippen LogP contribution is -2.17. The number of nitrogens with one attached hydrogen (secondary N) is 1. The number of carbonyl (C=O) groups excluding carboxylic acids is 2. The zero-order valence-corrected chi connectivity index (χ0v) is 19.7. The van der Waals surface area contributed by atoms with Gasteiger partial charge in [-0.3, -0.25) is 9.78 Å². The average Bonchev–Trinajstić information content (AvgIpc) is 3.39. The van der Waals surface area contributed by atoms with Gasteiger partial charge >= 0.3 is 5.97 Å². The number of aryl methyl sites for hydroxylation is 1. The lowest BCUT2D eigenvalue weighted by atomic mass is 9.95. The number of aromatic nitrogens is 4. The first-order valence-electron chi connectivity index (χ1n) is 10.6. The third-order valence-corrected chi connectivity index (χ3v) is 7.42. The van der Waals surface area contributed by atoms with E-state index in [2.05, 4.69) is 27.4 Å². The van der Waals surface area contributed by atoms with Gasteiger partial charge in [0.2, 0.25) is 5.91 Å². The predicted molar refractivity (Wildman–Crippen MR) is 125 cm³/mol. The van der Waals surface area contributed by atoms with Gasteiger partial charge in [-0.2, -0.15) is 0 Å². The summed E-state index contributed by atoms with van der Waals surface area (Å²) in [7, 11) is 1.37. The second kappa shape index (κ2) is 10.3. The van der Waals surface area contributed by atoms with Crippen molar-refractivity contribution in [3.8, 4) is 11.4 Å². The number of esters is 1. The molecule has 0 unspecified atom stereocenters. The molecule has 4 rings (SSSR count). The van der Waals surface area contributed by atoms with E-state index >= 15 is 0 Å². The minimum atomic E-state index is -0.392. The van der Waals surface area contributed by atoms with Gasteiger partial charge < -0.3 is 14.6 Å². The predicted octanol–water partition coefficient (Wildman–Crippen LogP) is 4.21. The minimum absolute atomic E-state index is 0.168. The van der Waals surface area contributed by atoms with E-state index in [1.54, 1.807) is 12.4 Å². The topological polar surface area (TPSA) is 99.0 Å². The van der Waals surface area contributed by atoms with E-state index in [4.69, 9.17) is 4.74 Å². The molecule has 1 aliphatic carbocycles. The van der Waals surface area contributed by atoms with Gasteiger partial charge in [0.25, 0.3) is 0 Å².